The van der Waals surface area contributed by atoms with Crippen molar-refractivity contribution < 1.29 is 34.0 Å². The van der Waals surface area contributed by atoms with Gasteiger partial charge in [-0.2, -0.15) is 0 Å². The first-order valence-electron chi connectivity index (χ1n) is 33.6. The highest BCUT2D eigenvalue weighted by atomic mass is 35.5. The summed E-state index contributed by atoms with van der Waals surface area (Å²) in [6, 6.07) is 63.3. The van der Waals surface area contributed by atoms with E-state index in [0.29, 0.717) is 30.4 Å². The van der Waals surface area contributed by atoms with Crippen LogP contribution in [0.25, 0.3) is 21.5 Å². The molecule has 5 saturated heterocycles. The van der Waals surface area contributed by atoms with Gasteiger partial charge in [-0.3, -0.25) is 29.2 Å². The van der Waals surface area contributed by atoms with Gasteiger partial charge in [0.05, 0.1) is 51.2 Å². The van der Waals surface area contributed by atoms with Crippen molar-refractivity contribution in [2.75, 3.05) is 157 Å². The lowest BCUT2D eigenvalue weighted by Gasteiger charge is -2.39. The number of hydrogen-bond acceptors (Lipinski definition) is 17. The molecule has 2 amide bonds. The number of piperazine rings is 5. The molecule has 5 aliphatic rings. The molecule has 0 bridgehead atoms. The summed E-state index contributed by atoms with van der Waals surface area (Å²) in [5.74, 6) is 1.07. The Labute approximate surface area is 573 Å². The fourth-order valence-corrected chi connectivity index (χ4v) is 12.8. The number of anilines is 1. The first-order valence-corrected chi connectivity index (χ1v) is 34.0. The highest BCUT2D eigenvalue weighted by molar-refractivity contribution is 6.34. The van der Waals surface area contributed by atoms with Crippen molar-refractivity contribution >= 4 is 51.8 Å². The van der Waals surface area contributed by atoms with Crippen LogP contribution >= 0.6 is 11.6 Å². The lowest BCUT2D eigenvalue weighted by atomic mass is 10.1. The Bertz CT molecular complexity index is 3400. The Balaban J connectivity index is 0.000000148. The topological polar surface area (TPSA) is 187 Å². The molecule has 5 N–H and O–H groups in total. The van der Waals surface area contributed by atoms with Crippen LogP contribution in [-0.4, -0.2) is 245 Å². The average Bonchev–Trinajstić information content (AvgIpc) is 0.835. The van der Waals surface area contributed by atoms with Crippen molar-refractivity contribution in [2.24, 2.45) is 0 Å². The number of fused-ring (bicyclic) bond motifs is 2. The number of nitrogens with zero attached hydrogens (tertiary/aromatic N) is 9. The second-order valence-corrected chi connectivity index (χ2v) is 25.0. The SMILES string of the molecule is COC[C@@H]1CN(Cc2ccccc2)CCN1.COC[C@@H]1CN(Cc2ccccc2)CCN1C=O.COC[C@@H]1CNCCN1c1nccc2ccccc12.Clc1nccc2ccccc12.O=CN1CCN(Cc2ccccc2)C[C@H]1CO.OC[C@@H]1CN(Cc2ccccc2)CCN1. The van der Waals surface area contributed by atoms with Crippen LogP contribution in [0.5, 0.6) is 0 Å². The predicted octanol–water partition coefficient (Wildman–Crippen LogP) is 7.40. The van der Waals surface area contributed by atoms with Crippen LogP contribution in [0.2, 0.25) is 5.15 Å². The lowest BCUT2D eigenvalue weighted by Crippen LogP contribution is -2.53. The number of carbonyl (C=O) groups is 2. The maximum absolute atomic E-state index is 11.0. The van der Waals surface area contributed by atoms with Gasteiger partial charge in [0.2, 0.25) is 12.8 Å². The third-order valence-corrected chi connectivity index (χ3v) is 17.9. The smallest absolute Gasteiger partial charge is 0.210 e. The number of aromatic nitrogens is 2. The summed E-state index contributed by atoms with van der Waals surface area (Å²) in [7, 11) is 5.19. The summed E-state index contributed by atoms with van der Waals surface area (Å²) in [5.41, 5.74) is 5.31. The van der Waals surface area contributed by atoms with E-state index in [1.807, 2.05) is 71.8 Å². The van der Waals surface area contributed by atoms with Gasteiger partial charge in [-0.15, -0.1) is 0 Å². The first-order chi connectivity index (χ1) is 47.2. The summed E-state index contributed by atoms with van der Waals surface area (Å²) in [4.78, 5) is 45.7. The summed E-state index contributed by atoms with van der Waals surface area (Å²) >= 11 is 5.85. The van der Waals surface area contributed by atoms with E-state index in [-0.39, 0.29) is 31.3 Å². The molecule has 0 aliphatic carbocycles. The highest BCUT2D eigenvalue weighted by Crippen LogP contribution is 2.27. The van der Waals surface area contributed by atoms with Crippen LogP contribution in [0, 0.1) is 0 Å². The van der Waals surface area contributed by atoms with Gasteiger partial charge in [-0.1, -0.05) is 181 Å². The van der Waals surface area contributed by atoms with Gasteiger partial charge in [0.15, 0.2) is 0 Å². The van der Waals surface area contributed by atoms with Gasteiger partial charge in [-0.25, -0.2) is 9.97 Å². The van der Waals surface area contributed by atoms with Crippen LogP contribution in [0.1, 0.15) is 22.3 Å². The minimum absolute atomic E-state index is 0.0318. The molecule has 514 valence electrons. The molecule has 20 heteroatoms. The Kier molecular flexibility index (Phi) is 32.9. The van der Waals surface area contributed by atoms with Crippen molar-refractivity contribution in [1.29, 1.82) is 0 Å². The largest absolute Gasteiger partial charge is 0.395 e. The van der Waals surface area contributed by atoms with Crippen molar-refractivity contribution in [3.05, 3.63) is 222 Å². The molecule has 7 heterocycles. The lowest BCUT2D eigenvalue weighted by molar-refractivity contribution is -0.124. The molecule has 0 radical (unpaired) electrons. The minimum Gasteiger partial charge on any atom is -0.395 e. The summed E-state index contributed by atoms with van der Waals surface area (Å²) in [6.45, 7) is 20.2. The molecular weight excluding hydrogens is 1230 g/mol. The van der Waals surface area contributed by atoms with E-state index < -0.39 is 0 Å². The zero-order chi connectivity index (χ0) is 67.4. The normalized spacial score (nSPS) is 20.1. The Morgan fingerprint density at radius 2 is 0.875 bits per heavy atom. The number of benzene rings is 6. The first kappa shape index (κ1) is 74.5. The number of carbonyl (C=O) groups excluding carboxylic acids is 2. The molecule has 0 saturated carbocycles. The van der Waals surface area contributed by atoms with Crippen molar-refractivity contribution in [2.45, 2.75) is 56.4 Å². The van der Waals surface area contributed by atoms with Crippen LogP contribution < -0.4 is 20.9 Å². The number of nitrogens with one attached hydrogen (secondary N) is 3. The van der Waals surface area contributed by atoms with Crippen molar-refractivity contribution in [1.82, 2.24) is 55.3 Å². The number of aliphatic hydroxyl groups is 2. The highest BCUT2D eigenvalue weighted by Gasteiger charge is 2.28. The molecule has 19 nitrogen and oxygen atoms in total. The number of methoxy groups -OCH3 is 3. The third kappa shape index (κ3) is 24.7. The van der Waals surface area contributed by atoms with Crippen LogP contribution in [-0.2, 0) is 50.0 Å². The van der Waals surface area contributed by atoms with E-state index in [9.17, 15) is 14.7 Å². The molecule has 2 aromatic heterocycles. The van der Waals surface area contributed by atoms with Gasteiger partial charge in [0.1, 0.15) is 11.0 Å². The Hall–Kier alpha value is -7.31. The van der Waals surface area contributed by atoms with E-state index >= 15 is 0 Å². The molecule has 0 spiro atoms. The Morgan fingerprint density at radius 1 is 0.448 bits per heavy atom. The second-order valence-electron chi connectivity index (χ2n) is 24.6. The van der Waals surface area contributed by atoms with Crippen molar-refractivity contribution in [3.8, 4) is 0 Å². The summed E-state index contributed by atoms with van der Waals surface area (Å²) in [6.07, 6.45) is 5.37. The number of hydrogen-bond donors (Lipinski definition) is 5. The number of ether oxygens (including phenoxy) is 3. The number of rotatable bonds is 19. The van der Waals surface area contributed by atoms with Gasteiger partial charge < -0.3 is 55.1 Å². The zero-order valence-electron chi connectivity index (χ0n) is 56.3. The monoisotopic (exact) mass is 1330 g/mol. The fourth-order valence-electron chi connectivity index (χ4n) is 12.6. The van der Waals surface area contributed by atoms with Gasteiger partial charge in [0.25, 0.3) is 0 Å². The van der Waals surface area contributed by atoms with E-state index in [0.717, 1.165) is 160 Å². The zero-order valence-corrected chi connectivity index (χ0v) is 57.1. The Morgan fingerprint density at radius 3 is 1.36 bits per heavy atom. The quantitative estimate of drug-likeness (QED) is 0.0398. The van der Waals surface area contributed by atoms with Crippen molar-refractivity contribution in [3.63, 3.8) is 0 Å². The average molecular weight is 1330 g/mol. The van der Waals surface area contributed by atoms with Crippen LogP contribution in [0.3, 0.4) is 0 Å². The van der Waals surface area contributed by atoms with E-state index in [1.54, 1.807) is 32.4 Å². The minimum atomic E-state index is -0.0648. The number of halogens is 1. The molecule has 5 fully saturated rings. The van der Waals surface area contributed by atoms with Gasteiger partial charge in [-0.05, 0) is 45.2 Å². The molecular formula is C76H101ClN12O7. The van der Waals surface area contributed by atoms with Crippen LogP contribution in [0.4, 0.5) is 5.82 Å². The molecule has 5 atom stereocenters. The fraction of sp³-hybridized carbons (Fsp3) is 0.421. The number of pyridine rings is 2. The van der Waals surface area contributed by atoms with E-state index in [4.69, 9.17) is 30.9 Å². The molecule has 5 aliphatic heterocycles. The van der Waals surface area contributed by atoms with E-state index in [2.05, 4.69) is 172 Å². The molecule has 6 aromatic carbocycles. The summed E-state index contributed by atoms with van der Waals surface area (Å²) in [5, 5.41) is 33.7. The maximum Gasteiger partial charge on any atom is 0.210 e. The predicted molar refractivity (Wildman–Crippen MR) is 386 cm³/mol. The second kappa shape index (κ2) is 42.4. The van der Waals surface area contributed by atoms with E-state index in [1.165, 1.54) is 33.0 Å². The molecule has 8 aromatic rings. The third-order valence-electron chi connectivity index (χ3n) is 17.6. The maximum atomic E-state index is 11.0. The van der Waals surface area contributed by atoms with Crippen LogP contribution in [0.15, 0.2) is 194 Å². The van der Waals surface area contributed by atoms with Gasteiger partial charge in [0, 0.05) is 181 Å². The standard InChI is InChI=1S/C15H19N3O.C14H20N2O2.C13H18N2O2.C13H20N2O.C12H18N2O.C9H6ClN/c1-19-11-13-10-16-8-9-18(13)15-14-5-3-2-4-12(14)6-7-17-15;1-18-11-14-10-15(7-8-16(14)12-17)9-13-5-3-2-4-6-13;16-10-13-9-14(6-7-15(13)11-17)8-12-4-2-1-3-5-12;1-16-11-13-10-15(8-7-14-13)9-12-5-3-2-4-6-12;15-10-12-9-14(7-6-13-12)8-11-4-2-1-3-5-11;10-9-8-4-2-1-3-7(8)5-6-11-9/h2-7,13,16H,8-11H2,1H3;2-6,12,14H,7-11H2,1H3;1-5,11,13,16H,6-10H2;2-6,13-14H,7-11H2,1H3;1-5,12-13,15H,6-10H2;1-6H/t13-;14-;2*13-;12-;/m00000./s1. The number of aliphatic hydroxyl groups excluding tert-OH is 2. The summed E-state index contributed by atoms with van der Waals surface area (Å²) < 4.78 is 15.7. The molecule has 13 rings (SSSR count). The molecule has 0 unspecified atom stereocenters. The van der Waals surface area contributed by atoms with Gasteiger partial charge >= 0.3 is 0 Å². The molecule has 96 heavy (non-hydrogen) atoms. The number of amides is 2.